The van der Waals surface area contributed by atoms with Crippen molar-refractivity contribution in [3.63, 3.8) is 0 Å². The van der Waals surface area contributed by atoms with E-state index in [1.165, 1.54) is 11.8 Å². The minimum Gasteiger partial charge on any atom is -0.324 e. The average molecular weight is 492 g/mol. The number of hydrogen-bond donors (Lipinski definition) is 1. The SMILES string of the molecule is Cc1cc(C)c(NC(=O)CN(C2=N[C@H]3CS(=O)(=O)C[C@H]3S2)c2ccc(C)c(Cl)c2)c(C)c1. The molecule has 1 amide bonds. The van der Waals surface area contributed by atoms with Crippen LogP contribution in [-0.2, 0) is 14.6 Å². The molecule has 1 saturated heterocycles. The first-order valence-corrected chi connectivity index (χ1v) is 13.5. The van der Waals surface area contributed by atoms with Crippen LogP contribution in [0.4, 0.5) is 11.4 Å². The highest BCUT2D eigenvalue weighted by atomic mass is 35.5. The first-order valence-electron chi connectivity index (χ1n) is 10.4. The first-order chi connectivity index (χ1) is 15.0. The molecular weight excluding hydrogens is 466 g/mol. The maximum Gasteiger partial charge on any atom is 0.244 e. The number of rotatable bonds is 4. The van der Waals surface area contributed by atoms with Gasteiger partial charge in [0.15, 0.2) is 15.0 Å². The number of anilines is 2. The topological polar surface area (TPSA) is 78.8 Å². The van der Waals surface area contributed by atoms with Crippen molar-refractivity contribution in [2.45, 2.75) is 39.0 Å². The van der Waals surface area contributed by atoms with Crippen molar-refractivity contribution >= 4 is 55.6 Å². The quantitative estimate of drug-likeness (QED) is 0.690. The van der Waals surface area contributed by atoms with Crippen LogP contribution in [0.15, 0.2) is 35.3 Å². The van der Waals surface area contributed by atoms with Crippen LogP contribution < -0.4 is 10.2 Å². The third-order valence-electron chi connectivity index (χ3n) is 5.75. The van der Waals surface area contributed by atoms with E-state index in [0.717, 1.165) is 33.6 Å². The van der Waals surface area contributed by atoms with Crippen LogP contribution in [0.25, 0.3) is 0 Å². The number of aryl methyl sites for hydroxylation is 4. The molecule has 0 radical (unpaired) electrons. The monoisotopic (exact) mass is 491 g/mol. The zero-order valence-electron chi connectivity index (χ0n) is 18.5. The first kappa shape index (κ1) is 23.1. The van der Waals surface area contributed by atoms with Gasteiger partial charge < -0.3 is 10.2 Å². The van der Waals surface area contributed by atoms with Gasteiger partial charge in [-0.3, -0.25) is 9.79 Å². The number of sulfone groups is 1. The summed E-state index contributed by atoms with van der Waals surface area (Å²) in [5.74, 6) is 0.000802. The summed E-state index contributed by atoms with van der Waals surface area (Å²) < 4.78 is 23.9. The third kappa shape index (κ3) is 4.82. The van der Waals surface area contributed by atoms with Gasteiger partial charge in [0.05, 0.1) is 17.5 Å². The Kier molecular flexibility index (Phi) is 6.31. The van der Waals surface area contributed by atoms with Crippen LogP contribution >= 0.6 is 23.4 Å². The van der Waals surface area contributed by atoms with Crippen molar-refractivity contribution in [1.82, 2.24) is 0 Å². The Morgan fingerprint density at radius 3 is 2.44 bits per heavy atom. The standard InChI is InChI=1S/C23H26ClN3O3S2/c1-13-7-15(3)22(16(4)8-13)26-21(28)10-27(17-6-5-14(2)18(24)9-17)23-25-19-11-32(29,30)12-20(19)31-23/h5-9,19-20H,10-12H2,1-4H3,(H,26,28)/t19-,20+/m0/s1. The van der Waals surface area contributed by atoms with E-state index in [9.17, 15) is 13.2 Å². The average Bonchev–Trinajstić information content (AvgIpc) is 3.18. The maximum atomic E-state index is 13.1. The second kappa shape index (κ2) is 8.72. The molecule has 0 aromatic heterocycles. The summed E-state index contributed by atoms with van der Waals surface area (Å²) in [6.07, 6.45) is 0. The minimum atomic E-state index is -3.06. The fraction of sp³-hybridized carbons (Fsp3) is 0.391. The Labute approximate surface area is 198 Å². The molecule has 2 aliphatic rings. The molecule has 0 saturated carbocycles. The maximum absolute atomic E-state index is 13.1. The van der Waals surface area contributed by atoms with Gasteiger partial charge in [-0.25, -0.2) is 8.42 Å². The van der Waals surface area contributed by atoms with Crippen LogP contribution in [0.3, 0.4) is 0 Å². The molecule has 4 rings (SSSR count). The normalized spacial score (nSPS) is 21.2. The van der Waals surface area contributed by atoms with Crippen molar-refractivity contribution in [2.75, 3.05) is 28.3 Å². The number of nitrogens with zero attached hydrogens (tertiary/aromatic N) is 2. The lowest BCUT2D eigenvalue weighted by Crippen LogP contribution is -2.37. The predicted molar refractivity (Wildman–Crippen MR) is 134 cm³/mol. The van der Waals surface area contributed by atoms with Crippen LogP contribution in [0, 0.1) is 27.7 Å². The summed E-state index contributed by atoms with van der Waals surface area (Å²) in [5.41, 5.74) is 5.66. The van der Waals surface area contributed by atoms with E-state index in [1.54, 1.807) is 0 Å². The van der Waals surface area contributed by atoms with E-state index < -0.39 is 9.84 Å². The molecule has 0 spiro atoms. The van der Waals surface area contributed by atoms with Crippen LogP contribution in [0.1, 0.15) is 22.3 Å². The van der Waals surface area contributed by atoms with Gasteiger partial charge in [0.25, 0.3) is 0 Å². The van der Waals surface area contributed by atoms with E-state index >= 15 is 0 Å². The smallest absolute Gasteiger partial charge is 0.244 e. The molecule has 2 aromatic carbocycles. The highest BCUT2D eigenvalue weighted by Crippen LogP contribution is 2.37. The number of amidine groups is 1. The van der Waals surface area contributed by atoms with Gasteiger partial charge in [-0.05, 0) is 56.5 Å². The molecular formula is C23H26ClN3O3S2. The number of benzene rings is 2. The number of aliphatic imine (C=N–C) groups is 1. The van der Waals surface area contributed by atoms with E-state index in [-0.39, 0.29) is 35.2 Å². The summed E-state index contributed by atoms with van der Waals surface area (Å²) in [7, 11) is -3.06. The molecule has 0 aliphatic carbocycles. The number of nitrogens with one attached hydrogen (secondary N) is 1. The van der Waals surface area contributed by atoms with E-state index in [4.69, 9.17) is 11.6 Å². The molecule has 0 unspecified atom stereocenters. The van der Waals surface area contributed by atoms with Gasteiger partial charge >= 0.3 is 0 Å². The summed E-state index contributed by atoms with van der Waals surface area (Å²) in [4.78, 5) is 19.6. The zero-order valence-corrected chi connectivity index (χ0v) is 20.9. The summed E-state index contributed by atoms with van der Waals surface area (Å²) in [6, 6.07) is 9.44. The van der Waals surface area contributed by atoms with Crippen molar-refractivity contribution in [3.8, 4) is 0 Å². The van der Waals surface area contributed by atoms with Crippen molar-refractivity contribution in [3.05, 3.63) is 57.6 Å². The molecule has 0 bridgehead atoms. The second-order valence-electron chi connectivity index (χ2n) is 8.55. The molecule has 2 aromatic rings. The van der Waals surface area contributed by atoms with Crippen molar-refractivity contribution < 1.29 is 13.2 Å². The van der Waals surface area contributed by atoms with Gasteiger partial charge in [0.1, 0.15) is 6.54 Å². The van der Waals surface area contributed by atoms with Crippen LogP contribution in [0.2, 0.25) is 5.02 Å². The Morgan fingerprint density at radius 1 is 1.12 bits per heavy atom. The molecule has 9 heteroatoms. The molecule has 170 valence electrons. The van der Waals surface area contributed by atoms with Gasteiger partial charge in [-0.2, -0.15) is 0 Å². The Morgan fingerprint density at radius 2 is 1.81 bits per heavy atom. The highest BCUT2D eigenvalue weighted by Gasteiger charge is 2.44. The van der Waals surface area contributed by atoms with Gasteiger partial charge in [-0.1, -0.05) is 47.1 Å². The number of carbonyl (C=O) groups is 1. The van der Waals surface area contributed by atoms with E-state index in [1.807, 2.05) is 62.9 Å². The van der Waals surface area contributed by atoms with Crippen molar-refractivity contribution in [1.29, 1.82) is 0 Å². The fourth-order valence-corrected chi connectivity index (χ4v) is 8.14. The van der Waals surface area contributed by atoms with Crippen LogP contribution in [0.5, 0.6) is 0 Å². The lowest BCUT2D eigenvalue weighted by Gasteiger charge is -2.25. The fourth-order valence-electron chi connectivity index (χ4n) is 4.19. The van der Waals surface area contributed by atoms with Crippen molar-refractivity contribution in [2.24, 2.45) is 4.99 Å². The summed E-state index contributed by atoms with van der Waals surface area (Å²) in [6.45, 7) is 7.95. The molecule has 32 heavy (non-hydrogen) atoms. The Bertz CT molecular complexity index is 1200. The lowest BCUT2D eigenvalue weighted by atomic mass is 10.1. The second-order valence-corrected chi connectivity index (χ2v) is 12.3. The molecule has 6 nitrogen and oxygen atoms in total. The number of amides is 1. The number of carbonyl (C=O) groups excluding carboxylic acids is 1. The molecule has 2 atom stereocenters. The van der Waals surface area contributed by atoms with Crippen LogP contribution in [-0.4, -0.2) is 48.8 Å². The summed E-state index contributed by atoms with van der Waals surface area (Å²) in [5, 5.41) is 4.19. The number of halogens is 1. The van der Waals surface area contributed by atoms with E-state index in [0.29, 0.717) is 10.2 Å². The highest BCUT2D eigenvalue weighted by molar-refractivity contribution is 8.15. The molecule has 1 N–H and O–H groups in total. The largest absolute Gasteiger partial charge is 0.324 e. The Hall–Kier alpha value is -2.03. The Balaban J connectivity index is 1.62. The number of fused-ring (bicyclic) bond motifs is 1. The number of hydrogen-bond acceptors (Lipinski definition) is 6. The lowest BCUT2D eigenvalue weighted by molar-refractivity contribution is -0.114. The van der Waals surface area contributed by atoms with Gasteiger partial charge in [0, 0.05) is 21.6 Å². The molecule has 2 heterocycles. The van der Waals surface area contributed by atoms with E-state index in [2.05, 4.69) is 10.3 Å². The molecule has 2 aliphatic heterocycles. The van der Waals surface area contributed by atoms with Gasteiger partial charge in [0.2, 0.25) is 5.91 Å². The predicted octanol–water partition coefficient (Wildman–Crippen LogP) is 4.29. The third-order valence-corrected chi connectivity index (χ3v) is 9.40. The minimum absolute atomic E-state index is 0.0458. The number of thioether (sulfide) groups is 1. The zero-order chi connectivity index (χ0) is 23.2. The van der Waals surface area contributed by atoms with Gasteiger partial charge in [-0.15, -0.1) is 0 Å². The molecule has 1 fully saturated rings. The summed E-state index contributed by atoms with van der Waals surface area (Å²) >= 11 is 7.79.